The molecule has 1 heterocycles. The summed E-state index contributed by atoms with van der Waals surface area (Å²) in [4.78, 5) is 3.27. The third-order valence-corrected chi connectivity index (χ3v) is 2.16. The minimum absolute atomic E-state index is 0.469. The Morgan fingerprint density at radius 3 is 2.44 bits per heavy atom. The van der Waals surface area contributed by atoms with Crippen LogP contribution >= 0.6 is 46.1 Å². The van der Waals surface area contributed by atoms with Gasteiger partial charge in [0.1, 0.15) is 4.84 Å². The predicted molar refractivity (Wildman–Crippen MR) is 41.6 cm³/mol. The van der Waals surface area contributed by atoms with Gasteiger partial charge >= 0.3 is 0 Å². The zero-order chi connectivity index (χ0) is 6.85. The van der Waals surface area contributed by atoms with Crippen LogP contribution in [0.25, 0.3) is 0 Å². The largest absolute Gasteiger partial charge is 0.227 e. The molecule has 1 rings (SSSR count). The third kappa shape index (κ3) is 1.97. The third-order valence-electron chi connectivity index (χ3n) is 0.717. The molecule has 1 nitrogen and oxygen atoms in total. The van der Waals surface area contributed by atoms with Gasteiger partial charge in [-0.3, -0.25) is 0 Å². The second-order valence-electron chi connectivity index (χ2n) is 1.33. The molecule has 9 heavy (non-hydrogen) atoms. The smallest absolute Gasteiger partial charge is 0.183 e. The van der Waals surface area contributed by atoms with Crippen LogP contribution in [0.3, 0.4) is 0 Å². The molecule has 0 aliphatic rings. The molecule has 0 unspecified atom stereocenters. The Labute approximate surface area is 71.6 Å². The van der Waals surface area contributed by atoms with Crippen LogP contribution in [0.1, 0.15) is 10.5 Å². The van der Waals surface area contributed by atoms with Gasteiger partial charge in [-0.25, -0.2) is 4.98 Å². The van der Waals surface area contributed by atoms with Crippen LogP contribution in [0.15, 0.2) is 5.38 Å². The molecular weight excluding hydrogens is 200 g/mol. The summed E-state index contributed by atoms with van der Waals surface area (Å²) in [5, 5.41) is 1.73. The van der Waals surface area contributed by atoms with E-state index in [1.54, 1.807) is 5.38 Å². The molecule has 0 saturated heterocycles. The van der Waals surface area contributed by atoms with Crippen molar-refractivity contribution in [2.75, 3.05) is 0 Å². The van der Waals surface area contributed by atoms with Crippen molar-refractivity contribution in [3.8, 4) is 0 Å². The molecular formula is C4H2Cl3NS. The van der Waals surface area contributed by atoms with Gasteiger partial charge in [0.25, 0.3) is 0 Å². The van der Waals surface area contributed by atoms with Crippen LogP contribution in [0.5, 0.6) is 0 Å². The van der Waals surface area contributed by atoms with Crippen molar-refractivity contribution in [3.05, 3.63) is 15.5 Å². The van der Waals surface area contributed by atoms with Crippen molar-refractivity contribution >= 4 is 46.1 Å². The summed E-state index contributed by atoms with van der Waals surface area (Å²) in [5.74, 6) is 0. The van der Waals surface area contributed by atoms with Gasteiger partial charge in [0, 0.05) is 5.38 Å². The maximum atomic E-state index is 5.49. The minimum atomic E-state index is -0.561. The van der Waals surface area contributed by atoms with E-state index in [-0.39, 0.29) is 0 Å². The molecule has 1 aromatic rings. The van der Waals surface area contributed by atoms with Crippen molar-refractivity contribution in [2.45, 2.75) is 4.84 Å². The van der Waals surface area contributed by atoms with E-state index in [1.165, 1.54) is 11.3 Å². The van der Waals surface area contributed by atoms with E-state index in [9.17, 15) is 0 Å². The molecule has 0 N–H and O–H groups in total. The van der Waals surface area contributed by atoms with Crippen LogP contribution < -0.4 is 0 Å². The van der Waals surface area contributed by atoms with E-state index in [1.807, 2.05) is 0 Å². The second-order valence-corrected chi connectivity index (χ2v) is 3.86. The van der Waals surface area contributed by atoms with E-state index in [0.29, 0.717) is 10.2 Å². The number of hydrogen-bond donors (Lipinski definition) is 0. The Bertz CT molecular complexity index is 197. The van der Waals surface area contributed by atoms with E-state index >= 15 is 0 Å². The van der Waals surface area contributed by atoms with Gasteiger partial charge in [0.05, 0.1) is 5.69 Å². The molecule has 1 aromatic heterocycles. The first-order chi connectivity index (χ1) is 4.20. The molecule has 0 radical (unpaired) electrons. The molecule has 0 amide bonds. The van der Waals surface area contributed by atoms with Crippen LogP contribution in [-0.4, -0.2) is 4.98 Å². The normalized spacial score (nSPS) is 10.7. The van der Waals surface area contributed by atoms with Gasteiger partial charge in [-0.2, -0.15) is 0 Å². The highest BCUT2D eigenvalue weighted by atomic mass is 35.5. The van der Waals surface area contributed by atoms with E-state index < -0.39 is 4.84 Å². The van der Waals surface area contributed by atoms with E-state index in [0.717, 1.165) is 0 Å². The monoisotopic (exact) mass is 201 g/mol. The molecule has 0 aliphatic carbocycles. The molecule has 50 valence electrons. The van der Waals surface area contributed by atoms with Crippen LogP contribution in [0, 0.1) is 0 Å². The number of alkyl halides is 2. The quantitative estimate of drug-likeness (QED) is 0.637. The Kier molecular flexibility index (Phi) is 2.59. The first kappa shape index (κ1) is 7.61. The number of aromatic nitrogens is 1. The van der Waals surface area contributed by atoms with Crippen LogP contribution in [0.2, 0.25) is 4.47 Å². The fourth-order valence-electron chi connectivity index (χ4n) is 0.363. The molecule has 0 atom stereocenters. The van der Waals surface area contributed by atoms with Gasteiger partial charge in [0.15, 0.2) is 4.47 Å². The van der Waals surface area contributed by atoms with Crippen molar-refractivity contribution in [1.29, 1.82) is 0 Å². The van der Waals surface area contributed by atoms with Gasteiger partial charge < -0.3 is 0 Å². The van der Waals surface area contributed by atoms with Crippen molar-refractivity contribution in [1.82, 2.24) is 4.98 Å². The average molecular weight is 202 g/mol. The second kappa shape index (κ2) is 3.06. The lowest BCUT2D eigenvalue weighted by Crippen LogP contribution is -1.77. The molecule has 0 bridgehead atoms. The topological polar surface area (TPSA) is 12.9 Å². The highest BCUT2D eigenvalue weighted by Crippen LogP contribution is 2.27. The van der Waals surface area contributed by atoms with E-state index in [4.69, 9.17) is 34.8 Å². The van der Waals surface area contributed by atoms with Gasteiger partial charge in [-0.1, -0.05) is 34.8 Å². The van der Waals surface area contributed by atoms with Crippen molar-refractivity contribution < 1.29 is 0 Å². The number of nitrogens with zero attached hydrogens (tertiary/aromatic N) is 1. The summed E-state index contributed by atoms with van der Waals surface area (Å²) in [6, 6.07) is 0. The Balaban J connectivity index is 2.85. The minimum Gasteiger partial charge on any atom is -0.227 e. The molecule has 0 spiro atoms. The van der Waals surface area contributed by atoms with Gasteiger partial charge in [0.2, 0.25) is 0 Å². The molecule has 5 heteroatoms. The number of halogens is 3. The predicted octanol–water partition coefficient (Wildman–Crippen LogP) is 3.27. The molecule has 0 aromatic carbocycles. The zero-order valence-corrected chi connectivity index (χ0v) is 7.23. The summed E-state index contributed by atoms with van der Waals surface area (Å²) < 4.78 is 0.469. The van der Waals surface area contributed by atoms with E-state index in [2.05, 4.69) is 4.98 Å². The van der Waals surface area contributed by atoms with Crippen molar-refractivity contribution in [2.24, 2.45) is 0 Å². The lowest BCUT2D eigenvalue weighted by molar-refractivity contribution is 1.20. The summed E-state index contributed by atoms with van der Waals surface area (Å²) in [7, 11) is 0. The van der Waals surface area contributed by atoms with Crippen LogP contribution in [0.4, 0.5) is 0 Å². The molecule has 0 saturated carbocycles. The summed E-state index contributed by atoms with van der Waals surface area (Å²) in [5.41, 5.74) is 0.619. The lowest BCUT2D eigenvalue weighted by Gasteiger charge is -1.89. The highest BCUT2D eigenvalue weighted by molar-refractivity contribution is 7.14. The Hall–Kier alpha value is 0.500. The standard InChI is InChI=1S/C4H2Cl3NS/c5-3(6)2-1-9-4(7)8-2/h1,3H. The fourth-order valence-corrected chi connectivity index (χ4v) is 1.53. The maximum Gasteiger partial charge on any atom is 0.183 e. The first-order valence-electron chi connectivity index (χ1n) is 2.09. The SMILES string of the molecule is Clc1nc(C(Cl)Cl)cs1. The summed E-state index contributed by atoms with van der Waals surface area (Å²) in [6.07, 6.45) is 0. The zero-order valence-electron chi connectivity index (χ0n) is 4.14. The summed E-state index contributed by atoms with van der Waals surface area (Å²) >= 11 is 17.7. The van der Waals surface area contributed by atoms with Crippen LogP contribution in [-0.2, 0) is 0 Å². The molecule has 0 aliphatic heterocycles. The average Bonchev–Trinajstić information content (AvgIpc) is 2.14. The lowest BCUT2D eigenvalue weighted by atomic mass is 10.6. The highest BCUT2D eigenvalue weighted by Gasteiger charge is 2.06. The van der Waals surface area contributed by atoms with Gasteiger partial charge in [-0.05, 0) is 0 Å². The fraction of sp³-hybridized carbons (Fsp3) is 0.250. The summed E-state index contributed by atoms with van der Waals surface area (Å²) in [6.45, 7) is 0. The number of hydrogen-bond acceptors (Lipinski definition) is 2. The van der Waals surface area contributed by atoms with Gasteiger partial charge in [-0.15, -0.1) is 11.3 Å². The molecule has 0 fully saturated rings. The Morgan fingerprint density at radius 2 is 2.22 bits per heavy atom. The maximum absolute atomic E-state index is 5.49. The van der Waals surface area contributed by atoms with Crippen molar-refractivity contribution in [3.63, 3.8) is 0 Å². The number of rotatable bonds is 1. The first-order valence-corrected chi connectivity index (χ1v) is 4.22. The Morgan fingerprint density at radius 1 is 1.56 bits per heavy atom. The number of thiazole rings is 1.